The van der Waals surface area contributed by atoms with Gasteiger partial charge in [-0.3, -0.25) is 14.4 Å². The summed E-state index contributed by atoms with van der Waals surface area (Å²) >= 11 is 0. The molecule has 344 valence electrons. The molecule has 0 saturated carbocycles. The van der Waals surface area contributed by atoms with Crippen molar-refractivity contribution in [3.63, 3.8) is 0 Å². The van der Waals surface area contributed by atoms with Gasteiger partial charge in [0.05, 0.1) is 0 Å². The number of carbonyl (C=O) groups is 3. The highest BCUT2D eigenvalue weighted by Gasteiger charge is 2.19. The highest BCUT2D eigenvalue weighted by molar-refractivity contribution is 5.71. The van der Waals surface area contributed by atoms with Crippen LogP contribution in [0.5, 0.6) is 0 Å². The molecule has 6 nitrogen and oxygen atoms in total. The largest absolute Gasteiger partial charge is 0.462 e. The van der Waals surface area contributed by atoms with E-state index in [1.807, 2.05) is 0 Å². The van der Waals surface area contributed by atoms with E-state index in [0.717, 1.165) is 75.5 Å². The molecule has 0 rings (SSSR count). The van der Waals surface area contributed by atoms with Crippen LogP contribution in [0.25, 0.3) is 0 Å². The van der Waals surface area contributed by atoms with E-state index in [9.17, 15) is 14.4 Å². The zero-order valence-electron chi connectivity index (χ0n) is 39.8. The molecule has 0 amide bonds. The van der Waals surface area contributed by atoms with Crippen LogP contribution >= 0.6 is 0 Å². The fourth-order valence-electron chi connectivity index (χ4n) is 7.76. The Hall–Kier alpha value is -1.59. The smallest absolute Gasteiger partial charge is 0.306 e. The third kappa shape index (κ3) is 45.5. The van der Waals surface area contributed by atoms with Gasteiger partial charge >= 0.3 is 17.9 Å². The molecule has 0 bridgehead atoms. The van der Waals surface area contributed by atoms with Gasteiger partial charge in [0.1, 0.15) is 13.2 Å². The van der Waals surface area contributed by atoms with Crippen molar-refractivity contribution in [2.24, 2.45) is 17.8 Å². The number of unbranched alkanes of at least 4 members (excludes halogenated alkanes) is 28. The van der Waals surface area contributed by atoms with Gasteiger partial charge in [-0.15, -0.1) is 0 Å². The van der Waals surface area contributed by atoms with Gasteiger partial charge in [-0.2, -0.15) is 0 Å². The Morgan fingerprint density at radius 3 is 0.741 bits per heavy atom. The minimum absolute atomic E-state index is 0.0650. The van der Waals surface area contributed by atoms with Crippen LogP contribution < -0.4 is 0 Å². The summed E-state index contributed by atoms with van der Waals surface area (Å²) in [5.74, 6) is 1.60. The van der Waals surface area contributed by atoms with E-state index in [1.54, 1.807) is 0 Å². The molecule has 0 aromatic heterocycles. The lowest BCUT2D eigenvalue weighted by Gasteiger charge is -2.18. The fourth-order valence-corrected chi connectivity index (χ4v) is 7.76. The first-order valence-electron chi connectivity index (χ1n) is 25.6. The summed E-state index contributed by atoms with van der Waals surface area (Å²) in [7, 11) is 0. The number of hydrogen-bond acceptors (Lipinski definition) is 6. The molecule has 0 aliphatic rings. The van der Waals surface area contributed by atoms with Crippen molar-refractivity contribution in [1.82, 2.24) is 0 Å². The second-order valence-corrected chi connectivity index (χ2v) is 19.2. The third-order valence-electron chi connectivity index (χ3n) is 11.6. The van der Waals surface area contributed by atoms with E-state index in [-0.39, 0.29) is 31.1 Å². The lowest BCUT2D eigenvalue weighted by Crippen LogP contribution is -2.30. The van der Waals surface area contributed by atoms with Gasteiger partial charge in [0, 0.05) is 19.3 Å². The average molecular weight is 821 g/mol. The average Bonchev–Trinajstić information content (AvgIpc) is 3.18. The third-order valence-corrected chi connectivity index (χ3v) is 11.6. The van der Waals surface area contributed by atoms with Crippen molar-refractivity contribution < 1.29 is 28.6 Å². The Morgan fingerprint density at radius 1 is 0.293 bits per heavy atom. The van der Waals surface area contributed by atoms with E-state index < -0.39 is 6.10 Å². The van der Waals surface area contributed by atoms with Gasteiger partial charge in [-0.05, 0) is 37.0 Å². The SMILES string of the molecule is CC(C)CCCCCCCCCCCCCCC(=O)O[C@@H](COC(=O)CCCCCCCCCCCCC(C)C)COC(=O)CCCCCCCCCCCC(C)C. The van der Waals surface area contributed by atoms with Crippen LogP contribution in [-0.4, -0.2) is 37.2 Å². The first kappa shape index (κ1) is 56.4. The Balaban J connectivity index is 4.33. The monoisotopic (exact) mass is 821 g/mol. The quantitative estimate of drug-likeness (QED) is 0.0346. The van der Waals surface area contributed by atoms with Crippen LogP contribution in [0.2, 0.25) is 0 Å². The predicted octanol–water partition coefficient (Wildman–Crippen LogP) is 16.4. The molecule has 6 heteroatoms. The lowest BCUT2D eigenvalue weighted by atomic mass is 10.0. The molecule has 0 aromatic carbocycles. The number of carbonyl (C=O) groups excluding carboxylic acids is 3. The molecule has 0 fully saturated rings. The number of ether oxygens (including phenoxy) is 3. The fraction of sp³-hybridized carbons (Fsp3) is 0.942. The summed E-state index contributed by atoms with van der Waals surface area (Å²) in [5.41, 5.74) is 0. The van der Waals surface area contributed by atoms with E-state index in [0.29, 0.717) is 19.3 Å². The van der Waals surface area contributed by atoms with Gasteiger partial charge < -0.3 is 14.2 Å². The van der Waals surface area contributed by atoms with Crippen molar-refractivity contribution in [2.75, 3.05) is 13.2 Å². The molecule has 58 heavy (non-hydrogen) atoms. The molecule has 0 saturated heterocycles. The molecule has 0 unspecified atom stereocenters. The van der Waals surface area contributed by atoms with Crippen LogP contribution in [0.3, 0.4) is 0 Å². The van der Waals surface area contributed by atoms with Crippen LogP contribution in [-0.2, 0) is 28.6 Å². The highest BCUT2D eigenvalue weighted by atomic mass is 16.6. The Kier molecular flexibility index (Phi) is 42.3. The van der Waals surface area contributed by atoms with E-state index in [1.165, 1.54) is 161 Å². The second-order valence-electron chi connectivity index (χ2n) is 19.2. The van der Waals surface area contributed by atoms with Crippen molar-refractivity contribution >= 4 is 17.9 Å². The zero-order valence-corrected chi connectivity index (χ0v) is 39.8. The summed E-state index contributed by atoms with van der Waals surface area (Å²) in [6.45, 7) is 13.7. The van der Waals surface area contributed by atoms with Gasteiger partial charge in [0.25, 0.3) is 0 Å². The summed E-state index contributed by atoms with van der Waals surface area (Å²) in [6.07, 6.45) is 42.3. The van der Waals surface area contributed by atoms with Crippen molar-refractivity contribution in [1.29, 1.82) is 0 Å². The Bertz CT molecular complexity index is 898. The highest BCUT2D eigenvalue weighted by Crippen LogP contribution is 2.17. The van der Waals surface area contributed by atoms with Gasteiger partial charge in [-0.1, -0.05) is 241 Å². The maximum absolute atomic E-state index is 12.8. The van der Waals surface area contributed by atoms with Crippen molar-refractivity contribution in [2.45, 2.75) is 285 Å². The molecular formula is C52H100O6. The Labute approximate surface area is 361 Å². The molecule has 1 atom stereocenters. The van der Waals surface area contributed by atoms with Gasteiger partial charge in [-0.25, -0.2) is 0 Å². The summed E-state index contributed by atoms with van der Waals surface area (Å²) in [5, 5.41) is 0. The van der Waals surface area contributed by atoms with Crippen molar-refractivity contribution in [3.8, 4) is 0 Å². The normalized spacial score (nSPS) is 12.2. The van der Waals surface area contributed by atoms with Crippen LogP contribution in [0.15, 0.2) is 0 Å². The molecule has 0 aliphatic carbocycles. The predicted molar refractivity (Wildman–Crippen MR) is 247 cm³/mol. The Morgan fingerprint density at radius 2 is 0.500 bits per heavy atom. The maximum Gasteiger partial charge on any atom is 0.306 e. The summed E-state index contributed by atoms with van der Waals surface area (Å²) in [6, 6.07) is 0. The summed E-state index contributed by atoms with van der Waals surface area (Å²) < 4.78 is 16.8. The minimum Gasteiger partial charge on any atom is -0.462 e. The van der Waals surface area contributed by atoms with Crippen LogP contribution in [0, 0.1) is 17.8 Å². The zero-order chi connectivity index (χ0) is 42.7. The number of hydrogen-bond donors (Lipinski definition) is 0. The molecule has 0 aliphatic heterocycles. The van der Waals surface area contributed by atoms with Gasteiger partial charge in [0.2, 0.25) is 0 Å². The second kappa shape index (κ2) is 43.5. The van der Waals surface area contributed by atoms with Crippen LogP contribution in [0.1, 0.15) is 279 Å². The van der Waals surface area contributed by atoms with Gasteiger partial charge in [0.15, 0.2) is 6.10 Å². The standard InChI is InChI=1S/C52H100O6/c1-46(2)38-32-26-20-14-9-7-8-10-18-25-31-37-43-52(55)58-49(45-57-51(54)42-36-30-24-19-13-16-22-28-34-40-48(5)6)44-56-50(53)41-35-29-23-17-12-11-15-21-27-33-39-47(3)4/h46-49H,7-45H2,1-6H3/t49-/m0/s1. The first-order valence-corrected chi connectivity index (χ1v) is 25.6. The summed E-state index contributed by atoms with van der Waals surface area (Å²) in [4.78, 5) is 37.9. The molecule has 0 aromatic rings. The molecule has 0 radical (unpaired) electrons. The topological polar surface area (TPSA) is 78.9 Å². The molecule has 0 spiro atoms. The van der Waals surface area contributed by atoms with E-state index >= 15 is 0 Å². The molecular weight excluding hydrogens is 721 g/mol. The first-order chi connectivity index (χ1) is 28.1. The lowest BCUT2D eigenvalue weighted by molar-refractivity contribution is -0.167. The minimum atomic E-state index is -0.762. The molecule has 0 N–H and O–H groups in total. The van der Waals surface area contributed by atoms with E-state index in [4.69, 9.17) is 14.2 Å². The maximum atomic E-state index is 12.8. The number of rotatable bonds is 45. The van der Waals surface area contributed by atoms with Crippen molar-refractivity contribution in [3.05, 3.63) is 0 Å². The molecule has 0 heterocycles. The van der Waals surface area contributed by atoms with E-state index in [2.05, 4.69) is 41.5 Å². The number of esters is 3. The van der Waals surface area contributed by atoms with Crippen LogP contribution in [0.4, 0.5) is 0 Å².